The average Bonchev–Trinajstić information content (AvgIpc) is 2.75. The fourth-order valence-corrected chi connectivity index (χ4v) is 2.27. The molecule has 1 atom stereocenters. The van der Waals surface area contributed by atoms with Gasteiger partial charge < -0.3 is 0 Å². The Labute approximate surface area is 106 Å². The molecule has 1 aliphatic heterocycles. The Kier molecular flexibility index (Phi) is 3.72. The second-order valence-corrected chi connectivity index (χ2v) is 4.22. The van der Waals surface area contributed by atoms with Crippen molar-refractivity contribution in [3.05, 3.63) is 30.1 Å². The lowest BCUT2D eigenvalue weighted by Crippen LogP contribution is -2.38. The van der Waals surface area contributed by atoms with E-state index in [-0.39, 0.29) is 11.7 Å². The van der Waals surface area contributed by atoms with Gasteiger partial charge in [-0.1, -0.05) is 6.92 Å². The number of Topliss-reactive ketones (excluding diaryl/α,β-unsaturated/α-hetero) is 1. The second-order valence-electron chi connectivity index (χ2n) is 4.22. The molecule has 5 heteroatoms. The average molecular weight is 247 g/mol. The molecular formula is C13H17N3O2. The van der Waals surface area contributed by atoms with E-state index in [1.54, 1.807) is 23.3 Å². The van der Waals surface area contributed by atoms with Crippen LogP contribution in [0.4, 0.5) is 0 Å². The number of ketones is 1. The molecule has 96 valence electrons. The van der Waals surface area contributed by atoms with Crippen LogP contribution >= 0.6 is 0 Å². The van der Waals surface area contributed by atoms with Gasteiger partial charge in [-0.2, -0.15) is 0 Å². The van der Waals surface area contributed by atoms with Crippen molar-refractivity contribution in [3.63, 3.8) is 0 Å². The first kappa shape index (κ1) is 12.7. The van der Waals surface area contributed by atoms with Gasteiger partial charge >= 0.3 is 0 Å². The van der Waals surface area contributed by atoms with E-state index in [0.717, 1.165) is 6.54 Å². The summed E-state index contributed by atoms with van der Waals surface area (Å²) in [6.07, 6.45) is 3.13. The van der Waals surface area contributed by atoms with E-state index >= 15 is 0 Å². The molecule has 0 N–H and O–H groups in total. The molecule has 0 spiro atoms. The van der Waals surface area contributed by atoms with Crippen LogP contribution in [0.25, 0.3) is 0 Å². The normalized spacial score (nSPS) is 20.4. The molecular weight excluding hydrogens is 230 g/mol. The van der Waals surface area contributed by atoms with Crippen LogP contribution < -0.4 is 0 Å². The van der Waals surface area contributed by atoms with Gasteiger partial charge in [0.25, 0.3) is 0 Å². The molecule has 1 amide bonds. The first-order valence-corrected chi connectivity index (χ1v) is 6.19. The predicted octanol–water partition coefficient (Wildman–Crippen LogP) is 0.980. The fraction of sp³-hybridized carbons (Fsp3) is 0.462. The van der Waals surface area contributed by atoms with E-state index in [2.05, 4.69) is 4.98 Å². The summed E-state index contributed by atoms with van der Waals surface area (Å²) >= 11 is 0. The number of carbonyl (C=O) groups is 2. The van der Waals surface area contributed by atoms with Crippen molar-refractivity contribution in [2.24, 2.45) is 5.92 Å². The minimum absolute atomic E-state index is 0.104. The molecule has 2 rings (SSSR count). The Morgan fingerprint density at radius 2 is 2.22 bits per heavy atom. The van der Waals surface area contributed by atoms with E-state index in [0.29, 0.717) is 18.7 Å². The van der Waals surface area contributed by atoms with Crippen molar-refractivity contribution in [1.29, 1.82) is 0 Å². The quantitative estimate of drug-likeness (QED) is 0.588. The summed E-state index contributed by atoms with van der Waals surface area (Å²) in [6, 6.07) is 3.41. The fourth-order valence-electron chi connectivity index (χ4n) is 2.27. The molecule has 0 saturated carbocycles. The first-order valence-electron chi connectivity index (χ1n) is 6.19. The highest BCUT2D eigenvalue weighted by molar-refractivity contribution is 6.10. The van der Waals surface area contributed by atoms with Gasteiger partial charge in [0, 0.05) is 37.6 Å². The topological polar surface area (TPSA) is 53.5 Å². The summed E-state index contributed by atoms with van der Waals surface area (Å²) in [4.78, 5) is 28.4. The Morgan fingerprint density at radius 1 is 1.44 bits per heavy atom. The van der Waals surface area contributed by atoms with Crippen LogP contribution in [0.3, 0.4) is 0 Å². The van der Waals surface area contributed by atoms with E-state index in [1.165, 1.54) is 6.20 Å². The molecule has 1 unspecified atom stereocenters. The molecule has 0 radical (unpaired) electrons. The first-order chi connectivity index (χ1) is 8.69. The Balaban J connectivity index is 2.20. The van der Waals surface area contributed by atoms with E-state index in [1.807, 2.05) is 18.9 Å². The highest BCUT2D eigenvalue weighted by atomic mass is 16.2. The molecule has 0 bridgehead atoms. The van der Waals surface area contributed by atoms with Gasteiger partial charge in [0.1, 0.15) is 5.92 Å². The van der Waals surface area contributed by atoms with Crippen LogP contribution in [-0.2, 0) is 4.79 Å². The lowest BCUT2D eigenvalue weighted by Gasteiger charge is -2.24. The van der Waals surface area contributed by atoms with Gasteiger partial charge in [-0.3, -0.25) is 19.6 Å². The number of aromatic nitrogens is 1. The maximum absolute atomic E-state index is 12.3. The Morgan fingerprint density at radius 3 is 2.72 bits per heavy atom. The van der Waals surface area contributed by atoms with Crippen LogP contribution in [0.15, 0.2) is 24.5 Å². The number of amides is 1. The summed E-state index contributed by atoms with van der Waals surface area (Å²) in [5.41, 5.74) is 0.504. The van der Waals surface area contributed by atoms with Gasteiger partial charge in [0.15, 0.2) is 5.78 Å². The number of nitrogens with zero attached hydrogens (tertiary/aromatic N) is 3. The van der Waals surface area contributed by atoms with E-state index in [4.69, 9.17) is 0 Å². The van der Waals surface area contributed by atoms with Crippen molar-refractivity contribution >= 4 is 11.7 Å². The third kappa shape index (κ3) is 2.13. The van der Waals surface area contributed by atoms with Crippen LogP contribution in [0.1, 0.15) is 24.2 Å². The summed E-state index contributed by atoms with van der Waals surface area (Å²) in [6.45, 7) is 5.70. The molecule has 1 aromatic heterocycles. The minimum atomic E-state index is -0.589. The molecule has 0 aromatic carbocycles. The number of hydrogen-bond acceptors (Lipinski definition) is 4. The summed E-state index contributed by atoms with van der Waals surface area (Å²) in [5, 5.41) is 3.57. The van der Waals surface area contributed by atoms with Crippen molar-refractivity contribution in [3.8, 4) is 0 Å². The number of carbonyl (C=O) groups excluding carboxylic acids is 2. The molecule has 5 nitrogen and oxygen atoms in total. The summed E-state index contributed by atoms with van der Waals surface area (Å²) in [5.74, 6) is -0.829. The van der Waals surface area contributed by atoms with Crippen LogP contribution in [0.5, 0.6) is 0 Å². The summed E-state index contributed by atoms with van der Waals surface area (Å²) < 4.78 is 0. The van der Waals surface area contributed by atoms with Crippen LogP contribution in [0, 0.1) is 5.92 Å². The van der Waals surface area contributed by atoms with Crippen molar-refractivity contribution in [1.82, 2.24) is 15.0 Å². The van der Waals surface area contributed by atoms with Crippen molar-refractivity contribution < 1.29 is 9.59 Å². The highest BCUT2D eigenvalue weighted by Gasteiger charge is 2.40. The zero-order valence-corrected chi connectivity index (χ0v) is 10.7. The number of hydrazine groups is 1. The van der Waals surface area contributed by atoms with Crippen molar-refractivity contribution in [2.45, 2.75) is 13.8 Å². The van der Waals surface area contributed by atoms with Gasteiger partial charge in [0.2, 0.25) is 5.91 Å². The van der Waals surface area contributed by atoms with E-state index in [9.17, 15) is 9.59 Å². The highest BCUT2D eigenvalue weighted by Crippen LogP contribution is 2.21. The number of hydrogen-bond donors (Lipinski definition) is 0. The van der Waals surface area contributed by atoms with Crippen molar-refractivity contribution in [2.75, 3.05) is 19.6 Å². The maximum atomic E-state index is 12.3. The minimum Gasteiger partial charge on any atom is -0.293 e. The van der Waals surface area contributed by atoms with Gasteiger partial charge in [0.05, 0.1) is 0 Å². The van der Waals surface area contributed by atoms with Gasteiger partial charge in [-0.15, -0.1) is 0 Å². The molecule has 1 aromatic rings. The second kappa shape index (κ2) is 5.27. The zero-order chi connectivity index (χ0) is 13.1. The molecule has 0 aliphatic carbocycles. The largest absolute Gasteiger partial charge is 0.293 e. The molecule has 1 saturated heterocycles. The van der Waals surface area contributed by atoms with E-state index < -0.39 is 5.92 Å². The lowest BCUT2D eigenvalue weighted by atomic mass is 9.99. The maximum Gasteiger partial charge on any atom is 0.249 e. The predicted molar refractivity (Wildman–Crippen MR) is 66.7 cm³/mol. The molecule has 1 aliphatic rings. The van der Waals surface area contributed by atoms with Crippen LogP contribution in [0.2, 0.25) is 0 Å². The third-order valence-corrected chi connectivity index (χ3v) is 3.21. The van der Waals surface area contributed by atoms with Gasteiger partial charge in [-0.25, -0.2) is 5.01 Å². The van der Waals surface area contributed by atoms with Crippen LogP contribution in [-0.4, -0.2) is 46.3 Å². The summed E-state index contributed by atoms with van der Waals surface area (Å²) in [7, 11) is 0. The molecule has 2 heterocycles. The number of rotatable bonds is 4. The SMILES string of the molecule is CCN1CC(C(=O)c2cccnc2)C(=O)N1CC. The number of pyridine rings is 1. The molecule has 18 heavy (non-hydrogen) atoms. The Hall–Kier alpha value is -1.75. The van der Waals surface area contributed by atoms with Gasteiger partial charge in [-0.05, 0) is 19.1 Å². The standard InChI is InChI=1S/C13H17N3O2/c1-3-15-9-11(13(18)16(15)4-2)12(17)10-6-5-7-14-8-10/h5-8,11H,3-4,9H2,1-2H3. The molecule has 1 fully saturated rings. The Bertz CT molecular complexity index is 447. The third-order valence-electron chi connectivity index (χ3n) is 3.21. The lowest BCUT2D eigenvalue weighted by molar-refractivity contribution is -0.138. The zero-order valence-electron chi connectivity index (χ0n) is 10.7. The monoisotopic (exact) mass is 247 g/mol. The smallest absolute Gasteiger partial charge is 0.249 e.